The largest absolute Gasteiger partial charge is 0.455 e. The molecule has 0 aliphatic carbocycles. The molecule has 0 amide bonds. The van der Waals surface area contributed by atoms with Gasteiger partial charge in [0.05, 0.1) is 11.6 Å². The standard InChI is InChI=1S/C16H17ClO2/c1-11(2)12-5-3-7-14(9-12)19-16-13(10-18)6-4-8-15(16)17/h3-9,11,18H,10H2,1-2H3. The molecule has 0 saturated carbocycles. The van der Waals surface area contributed by atoms with Gasteiger partial charge in [-0.15, -0.1) is 0 Å². The first kappa shape index (κ1) is 13.9. The highest BCUT2D eigenvalue weighted by Crippen LogP contribution is 2.33. The van der Waals surface area contributed by atoms with E-state index in [0.29, 0.717) is 22.3 Å². The summed E-state index contributed by atoms with van der Waals surface area (Å²) in [4.78, 5) is 0. The summed E-state index contributed by atoms with van der Waals surface area (Å²) >= 11 is 6.12. The van der Waals surface area contributed by atoms with E-state index >= 15 is 0 Å². The molecule has 0 unspecified atom stereocenters. The van der Waals surface area contributed by atoms with E-state index in [0.717, 1.165) is 5.75 Å². The number of aliphatic hydroxyl groups is 1. The van der Waals surface area contributed by atoms with Crippen LogP contribution in [0.4, 0.5) is 0 Å². The molecule has 2 nitrogen and oxygen atoms in total. The number of rotatable bonds is 4. The molecule has 100 valence electrons. The summed E-state index contributed by atoms with van der Waals surface area (Å²) in [6, 6.07) is 13.3. The van der Waals surface area contributed by atoms with Gasteiger partial charge >= 0.3 is 0 Å². The number of hydrogen-bond donors (Lipinski definition) is 1. The molecule has 0 bridgehead atoms. The fourth-order valence-corrected chi connectivity index (χ4v) is 2.08. The minimum atomic E-state index is -0.0975. The van der Waals surface area contributed by atoms with E-state index in [9.17, 15) is 5.11 Å². The summed E-state index contributed by atoms with van der Waals surface area (Å²) in [5, 5.41) is 9.83. The van der Waals surface area contributed by atoms with Gasteiger partial charge in [0.2, 0.25) is 0 Å². The molecule has 19 heavy (non-hydrogen) atoms. The Morgan fingerprint density at radius 2 is 1.89 bits per heavy atom. The van der Waals surface area contributed by atoms with E-state index < -0.39 is 0 Å². The van der Waals surface area contributed by atoms with Crippen LogP contribution in [-0.2, 0) is 6.61 Å². The van der Waals surface area contributed by atoms with E-state index in [4.69, 9.17) is 16.3 Å². The second-order valence-corrected chi connectivity index (χ2v) is 5.12. The lowest BCUT2D eigenvalue weighted by atomic mass is 10.0. The molecular weight excluding hydrogens is 260 g/mol. The molecule has 0 fully saturated rings. The van der Waals surface area contributed by atoms with Crippen molar-refractivity contribution in [3.8, 4) is 11.5 Å². The molecule has 0 aliphatic heterocycles. The maximum absolute atomic E-state index is 9.33. The van der Waals surface area contributed by atoms with Crippen LogP contribution in [0.5, 0.6) is 11.5 Å². The molecule has 1 N–H and O–H groups in total. The number of halogens is 1. The summed E-state index contributed by atoms with van der Waals surface area (Å²) < 4.78 is 5.83. The van der Waals surface area contributed by atoms with E-state index in [1.807, 2.05) is 18.2 Å². The monoisotopic (exact) mass is 276 g/mol. The van der Waals surface area contributed by atoms with Crippen molar-refractivity contribution in [3.63, 3.8) is 0 Å². The summed E-state index contributed by atoms with van der Waals surface area (Å²) in [6.07, 6.45) is 0. The number of hydrogen-bond acceptors (Lipinski definition) is 2. The van der Waals surface area contributed by atoms with Crippen LogP contribution in [0.3, 0.4) is 0 Å². The molecule has 0 atom stereocenters. The van der Waals surface area contributed by atoms with Crippen LogP contribution in [0.15, 0.2) is 42.5 Å². The van der Waals surface area contributed by atoms with E-state index in [-0.39, 0.29) is 6.61 Å². The Morgan fingerprint density at radius 3 is 2.58 bits per heavy atom. The van der Waals surface area contributed by atoms with Crippen molar-refractivity contribution in [3.05, 3.63) is 58.6 Å². The van der Waals surface area contributed by atoms with E-state index in [2.05, 4.69) is 19.9 Å². The van der Waals surface area contributed by atoms with E-state index in [1.165, 1.54) is 5.56 Å². The van der Waals surface area contributed by atoms with Crippen LogP contribution in [-0.4, -0.2) is 5.11 Å². The minimum absolute atomic E-state index is 0.0975. The molecule has 2 aromatic carbocycles. The third-order valence-electron chi connectivity index (χ3n) is 2.96. The Morgan fingerprint density at radius 1 is 1.16 bits per heavy atom. The Balaban J connectivity index is 2.33. The molecule has 0 saturated heterocycles. The summed E-state index contributed by atoms with van der Waals surface area (Å²) in [7, 11) is 0. The second kappa shape index (κ2) is 6.09. The SMILES string of the molecule is CC(C)c1cccc(Oc2c(Cl)cccc2CO)c1. The predicted octanol–water partition coefficient (Wildman–Crippen LogP) is 4.75. The maximum Gasteiger partial charge on any atom is 0.151 e. The molecule has 0 heterocycles. The average molecular weight is 277 g/mol. The average Bonchev–Trinajstić information content (AvgIpc) is 2.41. The predicted molar refractivity (Wildman–Crippen MR) is 78.0 cm³/mol. The van der Waals surface area contributed by atoms with Crippen LogP contribution < -0.4 is 4.74 Å². The van der Waals surface area contributed by atoms with Gasteiger partial charge in [0, 0.05) is 5.56 Å². The van der Waals surface area contributed by atoms with Gasteiger partial charge in [-0.25, -0.2) is 0 Å². The molecule has 0 aromatic heterocycles. The van der Waals surface area contributed by atoms with Crippen LogP contribution in [0.25, 0.3) is 0 Å². The molecule has 2 rings (SSSR count). The van der Waals surface area contributed by atoms with Crippen molar-refractivity contribution in [2.75, 3.05) is 0 Å². The molecule has 0 aliphatic rings. The van der Waals surface area contributed by atoms with Crippen LogP contribution in [0, 0.1) is 0 Å². The summed E-state index contributed by atoms with van der Waals surface area (Å²) in [5.74, 6) is 1.69. The van der Waals surface area contributed by atoms with Crippen molar-refractivity contribution in [1.29, 1.82) is 0 Å². The Bertz CT molecular complexity index is 564. The molecule has 0 radical (unpaired) electrons. The zero-order chi connectivity index (χ0) is 13.8. The number of aliphatic hydroxyl groups excluding tert-OH is 1. The summed E-state index contributed by atoms with van der Waals surface area (Å²) in [5.41, 5.74) is 1.89. The highest BCUT2D eigenvalue weighted by Gasteiger charge is 2.09. The van der Waals surface area contributed by atoms with Gasteiger partial charge in [0.1, 0.15) is 5.75 Å². The van der Waals surface area contributed by atoms with Crippen molar-refractivity contribution < 1.29 is 9.84 Å². The number of benzene rings is 2. The zero-order valence-electron chi connectivity index (χ0n) is 11.1. The van der Waals surface area contributed by atoms with Crippen molar-refractivity contribution in [2.24, 2.45) is 0 Å². The quantitative estimate of drug-likeness (QED) is 0.873. The lowest BCUT2D eigenvalue weighted by Crippen LogP contribution is -1.94. The van der Waals surface area contributed by atoms with Gasteiger partial charge in [-0.05, 0) is 29.7 Å². The third kappa shape index (κ3) is 3.28. The number of para-hydroxylation sites is 1. The molecule has 3 heteroatoms. The van der Waals surface area contributed by atoms with Crippen molar-refractivity contribution in [1.82, 2.24) is 0 Å². The lowest BCUT2D eigenvalue weighted by Gasteiger charge is -2.13. The number of ether oxygens (including phenoxy) is 1. The Labute approximate surface area is 118 Å². The molecule has 2 aromatic rings. The fraction of sp³-hybridized carbons (Fsp3) is 0.250. The smallest absolute Gasteiger partial charge is 0.151 e. The van der Waals surface area contributed by atoms with Gasteiger partial charge in [0.25, 0.3) is 0 Å². The Hall–Kier alpha value is -1.51. The topological polar surface area (TPSA) is 29.5 Å². The van der Waals surface area contributed by atoms with Crippen LogP contribution in [0.1, 0.15) is 30.9 Å². The van der Waals surface area contributed by atoms with Gasteiger partial charge in [-0.2, -0.15) is 0 Å². The first-order valence-corrected chi connectivity index (χ1v) is 6.65. The maximum atomic E-state index is 9.33. The second-order valence-electron chi connectivity index (χ2n) is 4.72. The van der Waals surface area contributed by atoms with Gasteiger partial charge in [0.15, 0.2) is 5.75 Å². The lowest BCUT2D eigenvalue weighted by molar-refractivity contribution is 0.276. The van der Waals surface area contributed by atoms with Gasteiger partial charge in [-0.3, -0.25) is 0 Å². The third-order valence-corrected chi connectivity index (χ3v) is 3.26. The summed E-state index contributed by atoms with van der Waals surface area (Å²) in [6.45, 7) is 4.17. The van der Waals surface area contributed by atoms with E-state index in [1.54, 1.807) is 18.2 Å². The van der Waals surface area contributed by atoms with Crippen LogP contribution in [0.2, 0.25) is 5.02 Å². The van der Waals surface area contributed by atoms with Crippen molar-refractivity contribution >= 4 is 11.6 Å². The molecular formula is C16H17ClO2. The van der Waals surface area contributed by atoms with Crippen LogP contribution >= 0.6 is 11.6 Å². The zero-order valence-corrected chi connectivity index (χ0v) is 11.8. The highest BCUT2D eigenvalue weighted by molar-refractivity contribution is 6.32. The first-order chi connectivity index (χ1) is 9.11. The fourth-order valence-electron chi connectivity index (χ4n) is 1.85. The minimum Gasteiger partial charge on any atom is -0.455 e. The normalized spacial score (nSPS) is 10.8. The molecule has 0 spiro atoms. The Kier molecular flexibility index (Phi) is 4.46. The van der Waals surface area contributed by atoms with Gasteiger partial charge < -0.3 is 9.84 Å². The highest BCUT2D eigenvalue weighted by atomic mass is 35.5. The first-order valence-electron chi connectivity index (χ1n) is 6.28. The van der Waals surface area contributed by atoms with Gasteiger partial charge in [-0.1, -0.05) is 49.7 Å². The van der Waals surface area contributed by atoms with Crippen molar-refractivity contribution in [2.45, 2.75) is 26.4 Å².